The van der Waals surface area contributed by atoms with Crippen molar-refractivity contribution in [2.75, 3.05) is 31.5 Å². The van der Waals surface area contributed by atoms with E-state index in [1.807, 2.05) is 0 Å². The van der Waals surface area contributed by atoms with Crippen LogP contribution in [0, 0.1) is 0 Å². The molecule has 2 heterocycles. The van der Waals surface area contributed by atoms with Crippen molar-refractivity contribution in [3.05, 3.63) is 53.4 Å². The molecule has 1 saturated heterocycles. The number of rotatable bonds is 7. The van der Waals surface area contributed by atoms with Crippen molar-refractivity contribution in [1.82, 2.24) is 14.6 Å². The van der Waals surface area contributed by atoms with E-state index in [4.69, 9.17) is 5.14 Å². The van der Waals surface area contributed by atoms with Crippen LogP contribution in [0.25, 0.3) is 11.3 Å². The first-order valence-electron chi connectivity index (χ1n) is 10.0. The average Bonchev–Trinajstić information content (AvgIpc) is 3.22. The molecular formula is C20H23N5O5S3. The molecule has 0 amide bonds. The number of hydrogen-bond donors (Lipinski definition) is 4. The Morgan fingerprint density at radius 2 is 1.61 bits per heavy atom. The molecule has 4 rings (SSSR count). The highest BCUT2D eigenvalue weighted by Crippen LogP contribution is 2.33. The number of aliphatic hydroxyl groups excluding tert-OH is 1. The molecule has 10 nitrogen and oxygen atoms in total. The molecule has 33 heavy (non-hydrogen) atoms. The van der Waals surface area contributed by atoms with Gasteiger partial charge in [0, 0.05) is 37.4 Å². The van der Waals surface area contributed by atoms with Crippen molar-refractivity contribution in [1.29, 1.82) is 0 Å². The fourth-order valence-corrected chi connectivity index (χ4v) is 6.23. The van der Waals surface area contributed by atoms with E-state index in [1.54, 1.807) is 36.4 Å². The van der Waals surface area contributed by atoms with Gasteiger partial charge in [0.15, 0.2) is 5.13 Å². The van der Waals surface area contributed by atoms with Crippen LogP contribution >= 0.6 is 11.3 Å². The Morgan fingerprint density at radius 1 is 1.00 bits per heavy atom. The van der Waals surface area contributed by atoms with Crippen molar-refractivity contribution in [2.45, 2.75) is 16.4 Å². The number of piperazine rings is 1. The van der Waals surface area contributed by atoms with Crippen molar-refractivity contribution in [3.63, 3.8) is 0 Å². The minimum absolute atomic E-state index is 0.000201. The zero-order valence-electron chi connectivity index (χ0n) is 17.4. The number of nitrogens with two attached hydrogens (primary N) is 1. The lowest BCUT2D eigenvalue weighted by atomic mass is 10.1. The number of benzene rings is 2. The van der Waals surface area contributed by atoms with Gasteiger partial charge in [-0.15, -0.1) is 0 Å². The third kappa shape index (κ3) is 5.24. The molecule has 176 valence electrons. The highest BCUT2D eigenvalue weighted by molar-refractivity contribution is 7.89. The number of hydrogen-bond acceptors (Lipinski definition) is 9. The number of aliphatic hydroxyl groups is 1. The van der Waals surface area contributed by atoms with Crippen LogP contribution in [0.5, 0.6) is 0 Å². The molecule has 0 atom stereocenters. The summed E-state index contributed by atoms with van der Waals surface area (Å²) in [7, 11) is -7.34. The molecule has 0 radical (unpaired) electrons. The number of sulfonamides is 2. The van der Waals surface area contributed by atoms with Gasteiger partial charge in [0.25, 0.3) is 0 Å². The first-order valence-corrected chi connectivity index (χ1v) is 13.8. The van der Waals surface area contributed by atoms with E-state index >= 15 is 0 Å². The Balaban J connectivity index is 1.56. The zero-order valence-corrected chi connectivity index (χ0v) is 19.9. The normalized spacial score (nSPS) is 15.5. The molecule has 2 aromatic carbocycles. The molecule has 1 aliphatic heterocycles. The average molecular weight is 510 g/mol. The second-order valence-corrected chi connectivity index (χ2v) is 11.9. The summed E-state index contributed by atoms with van der Waals surface area (Å²) in [5.74, 6) is 0. The van der Waals surface area contributed by atoms with Crippen LogP contribution < -0.4 is 15.8 Å². The summed E-state index contributed by atoms with van der Waals surface area (Å²) >= 11 is 1.24. The predicted octanol–water partition coefficient (Wildman–Crippen LogP) is 1.29. The number of anilines is 2. The summed E-state index contributed by atoms with van der Waals surface area (Å²) in [6.07, 6.45) is 0. The standard InChI is InChI=1S/C20H23N5O5S3/c21-32(27,28)16-7-3-15(4-8-16)23-20-24-19(18(13-26)31-20)14-1-5-17(6-2-14)33(29,30)25-11-9-22-10-12-25/h1-8,22,26H,9-13H2,(H,23,24)(H2,21,27,28). The maximum Gasteiger partial charge on any atom is 0.243 e. The predicted molar refractivity (Wildman–Crippen MR) is 126 cm³/mol. The first kappa shape index (κ1) is 23.8. The van der Waals surface area contributed by atoms with E-state index in [1.165, 1.54) is 27.8 Å². The SMILES string of the molecule is NS(=O)(=O)c1ccc(Nc2nc(-c3ccc(S(=O)(=O)N4CCNCC4)cc3)c(CO)s2)cc1. The lowest BCUT2D eigenvalue weighted by Crippen LogP contribution is -2.46. The molecule has 0 unspecified atom stereocenters. The highest BCUT2D eigenvalue weighted by Gasteiger charge is 2.26. The van der Waals surface area contributed by atoms with Crippen molar-refractivity contribution < 1.29 is 21.9 Å². The molecule has 5 N–H and O–H groups in total. The molecule has 0 aliphatic carbocycles. The lowest BCUT2D eigenvalue weighted by Gasteiger charge is -2.26. The lowest BCUT2D eigenvalue weighted by molar-refractivity contribution is 0.286. The molecule has 1 fully saturated rings. The molecule has 0 bridgehead atoms. The van der Waals surface area contributed by atoms with Gasteiger partial charge in [-0.2, -0.15) is 4.31 Å². The van der Waals surface area contributed by atoms with Gasteiger partial charge in [0.1, 0.15) is 0 Å². The van der Waals surface area contributed by atoms with Gasteiger partial charge in [-0.3, -0.25) is 0 Å². The summed E-state index contributed by atoms with van der Waals surface area (Å²) in [5.41, 5.74) is 1.81. The van der Waals surface area contributed by atoms with Crippen LogP contribution in [-0.2, 0) is 26.7 Å². The van der Waals surface area contributed by atoms with Crippen LogP contribution in [0.15, 0.2) is 58.3 Å². The Hall–Kier alpha value is -2.39. The van der Waals surface area contributed by atoms with Gasteiger partial charge in [0.05, 0.1) is 27.0 Å². The van der Waals surface area contributed by atoms with Crippen molar-refractivity contribution in [2.24, 2.45) is 5.14 Å². The summed E-state index contributed by atoms with van der Waals surface area (Å²) < 4.78 is 49.9. The van der Waals surface area contributed by atoms with Gasteiger partial charge >= 0.3 is 0 Å². The number of nitrogens with one attached hydrogen (secondary N) is 2. The zero-order chi connectivity index (χ0) is 23.6. The maximum atomic E-state index is 12.8. The summed E-state index contributed by atoms with van der Waals surface area (Å²) in [6, 6.07) is 12.3. The van der Waals surface area contributed by atoms with E-state index in [0.717, 1.165) is 0 Å². The Bertz CT molecular complexity index is 1330. The quantitative estimate of drug-likeness (QED) is 0.371. The molecule has 13 heteroatoms. The second-order valence-electron chi connectivity index (χ2n) is 7.32. The maximum absolute atomic E-state index is 12.8. The summed E-state index contributed by atoms with van der Waals surface area (Å²) in [5, 5.41) is 21.6. The van der Waals surface area contributed by atoms with Gasteiger partial charge < -0.3 is 15.7 Å². The first-order chi connectivity index (χ1) is 15.7. The molecule has 1 aliphatic rings. The molecule has 0 spiro atoms. The topological polar surface area (TPSA) is 155 Å². The summed E-state index contributed by atoms with van der Waals surface area (Å²) in [4.78, 5) is 5.35. The van der Waals surface area contributed by atoms with Gasteiger partial charge in [-0.25, -0.2) is 27.0 Å². The number of thiazole rings is 1. The Morgan fingerprint density at radius 3 is 2.18 bits per heavy atom. The third-order valence-corrected chi connectivity index (χ3v) is 8.91. The van der Waals surface area contributed by atoms with E-state index < -0.39 is 20.0 Å². The molecule has 3 aromatic rings. The van der Waals surface area contributed by atoms with Crippen LogP contribution in [-0.4, -0.2) is 57.4 Å². The minimum atomic E-state index is -3.78. The van der Waals surface area contributed by atoms with Crippen LogP contribution in [0.2, 0.25) is 0 Å². The summed E-state index contributed by atoms with van der Waals surface area (Å²) in [6.45, 7) is 1.86. The van der Waals surface area contributed by atoms with Crippen LogP contribution in [0.1, 0.15) is 4.88 Å². The third-order valence-electron chi connectivity index (χ3n) is 5.12. The Labute approximate surface area is 196 Å². The largest absolute Gasteiger partial charge is 0.391 e. The smallest absolute Gasteiger partial charge is 0.243 e. The Kier molecular flexibility index (Phi) is 6.81. The fourth-order valence-electron chi connectivity index (χ4n) is 3.41. The van der Waals surface area contributed by atoms with Gasteiger partial charge in [-0.1, -0.05) is 23.5 Å². The molecular weight excluding hydrogens is 486 g/mol. The second kappa shape index (κ2) is 9.46. The minimum Gasteiger partial charge on any atom is -0.391 e. The number of nitrogens with zero attached hydrogens (tertiary/aromatic N) is 2. The number of primary sulfonamides is 1. The van der Waals surface area contributed by atoms with Crippen molar-refractivity contribution >= 4 is 42.2 Å². The van der Waals surface area contributed by atoms with E-state index in [0.29, 0.717) is 53.1 Å². The highest BCUT2D eigenvalue weighted by atomic mass is 32.2. The fraction of sp³-hybridized carbons (Fsp3) is 0.250. The van der Waals surface area contributed by atoms with E-state index in [-0.39, 0.29) is 16.4 Å². The van der Waals surface area contributed by atoms with Gasteiger partial charge in [-0.05, 0) is 36.4 Å². The monoisotopic (exact) mass is 509 g/mol. The molecule has 1 aromatic heterocycles. The number of aromatic nitrogens is 1. The van der Waals surface area contributed by atoms with E-state index in [2.05, 4.69) is 15.6 Å². The van der Waals surface area contributed by atoms with Crippen molar-refractivity contribution in [3.8, 4) is 11.3 Å². The van der Waals surface area contributed by atoms with Gasteiger partial charge in [0.2, 0.25) is 20.0 Å². The van der Waals surface area contributed by atoms with E-state index in [9.17, 15) is 21.9 Å². The van der Waals surface area contributed by atoms with Crippen LogP contribution in [0.4, 0.5) is 10.8 Å². The molecule has 0 saturated carbocycles. The van der Waals surface area contributed by atoms with Crippen LogP contribution in [0.3, 0.4) is 0 Å².